The van der Waals surface area contributed by atoms with E-state index in [1.807, 2.05) is 17.4 Å². The minimum atomic E-state index is 0.683. The minimum absolute atomic E-state index is 0.683. The summed E-state index contributed by atoms with van der Waals surface area (Å²) in [6.45, 7) is 0. The Morgan fingerprint density at radius 3 is 1.54 bits per heavy atom. The Kier molecular flexibility index (Phi) is 7.68. The highest BCUT2D eigenvalue weighted by Gasteiger charge is 2.18. The van der Waals surface area contributed by atoms with Crippen molar-refractivity contribution in [3.8, 4) is 61.8 Å². The minimum Gasteiger partial charge on any atom is -0.294 e. The third-order valence-corrected chi connectivity index (χ3v) is 12.0. The first-order valence-electron chi connectivity index (χ1n) is 18.9. The smallest absolute Gasteiger partial charge is 0.162 e. The lowest BCUT2D eigenvalue weighted by atomic mass is 10.0. The van der Waals surface area contributed by atoms with E-state index >= 15 is 0 Å². The number of hydrogen-bond donors (Lipinski definition) is 0. The molecule has 3 heterocycles. The predicted molar refractivity (Wildman–Crippen MR) is 236 cm³/mol. The lowest BCUT2D eigenvalue weighted by molar-refractivity contribution is 1.05. The molecule has 0 unspecified atom stereocenters. The fourth-order valence-corrected chi connectivity index (χ4v) is 9.12. The zero-order chi connectivity index (χ0) is 37.0. The van der Waals surface area contributed by atoms with Gasteiger partial charge >= 0.3 is 0 Å². The molecule has 0 N–H and O–H groups in total. The van der Waals surface area contributed by atoms with Crippen molar-refractivity contribution in [1.82, 2.24) is 14.5 Å². The van der Waals surface area contributed by atoms with Crippen LogP contribution in [0.2, 0.25) is 0 Å². The normalized spacial score (nSPS) is 11.6. The van der Waals surface area contributed by atoms with Crippen LogP contribution in [0, 0.1) is 0 Å². The third-order valence-electron chi connectivity index (χ3n) is 10.9. The molecule has 0 saturated heterocycles. The van der Waals surface area contributed by atoms with Crippen molar-refractivity contribution in [2.75, 3.05) is 0 Å². The maximum Gasteiger partial charge on any atom is 0.162 e. The van der Waals surface area contributed by atoms with Gasteiger partial charge in [0.05, 0.1) is 16.7 Å². The van der Waals surface area contributed by atoms with Crippen LogP contribution in [0.15, 0.2) is 200 Å². The molecule has 0 aliphatic carbocycles. The van der Waals surface area contributed by atoms with Crippen molar-refractivity contribution in [3.63, 3.8) is 0 Å². The highest BCUT2D eigenvalue weighted by atomic mass is 32.1. The number of nitrogens with zero attached hydrogens (tertiary/aromatic N) is 3. The standard InChI is InChI=1S/C52H33N3S/c1-3-11-34(12-4-1)36-19-23-38(24-20-36)46-33-51(54-52(53-46)39-25-21-37(22-26-39)35-13-5-2-6-14-35)55-47-17-9-7-15-42(47)44-31-40(27-29-48(44)55)41-28-30-50-45(32-41)43-16-8-10-18-49(43)56-50/h1-33H. The number of para-hydroxylation sites is 1. The van der Waals surface area contributed by atoms with Crippen LogP contribution in [-0.4, -0.2) is 14.5 Å². The summed E-state index contributed by atoms with van der Waals surface area (Å²) in [5.74, 6) is 1.51. The summed E-state index contributed by atoms with van der Waals surface area (Å²) in [5.41, 5.74) is 12.2. The lowest BCUT2D eigenvalue weighted by Crippen LogP contribution is -2.02. The molecule has 262 valence electrons. The van der Waals surface area contributed by atoms with Crippen LogP contribution in [0.1, 0.15) is 0 Å². The predicted octanol–water partition coefficient (Wildman–Crippen LogP) is 14.3. The van der Waals surface area contributed by atoms with Gasteiger partial charge in [-0.3, -0.25) is 4.57 Å². The number of hydrogen-bond acceptors (Lipinski definition) is 3. The van der Waals surface area contributed by atoms with E-state index in [0.717, 1.165) is 39.2 Å². The van der Waals surface area contributed by atoms with Gasteiger partial charge in [0.25, 0.3) is 0 Å². The summed E-state index contributed by atoms with van der Waals surface area (Å²) in [7, 11) is 0. The van der Waals surface area contributed by atoms with Crippen LogP contribution in [-0.2, 0) is 0 Å². The molecule has 0 atom stereocenters. The molecule has 56 heavy (non-hydrogen) atoms. The maximum absolute atomic E-state index is 5.33. The Bertz CT molecular complexity index is 3110. The van der Waals surface area contributed by atoms with Crippen molar-refractivity contribution < 1.29 is 0 Å². The van der Waals surface area contributed by atoms with Crippen LogP contribution >= 0.6 is 11.3 Å². The van der Waals surface area contributed by atoms with E-state index in [1.54, 1.807) is 0 Å². The molecular formula is C52H33N3S. The van der Waals surface area contributed by atoms with E-state index in [0.29, 0.717) is 5.82 Å². The van der Waals surface area contributed by atoms with Gasteiger partial charge in [-0.2, -0.15) is 0 Å². The van der Waals surface area contributed by atoms with E-state index in [2.05, 4.69) is 199 Å². The molecule has 0 aliphatic heterocycles. The highest BCUT2D eigenvalue weighted by Crippen LogP contribution is 2.39. The van der Waals surface area contributed by atoms with Gasteiger partial charge in [-0.25, -0.2) is 9.97 Å². The van der Waals surface area contributed by atoms with E-state index in [1.165, 1.54) is 58.8 Å². The summed E-state index contributed by atoms with van der Waals surface area (Å²) in [6.07, 6.45) is 0. The number of aromatic nitrogens is 3. The lowest BCUT2D eigenvalue weighted by Gasteiger charge is -2.13. The summed E-state index contributed by atoms with van der Waals surface area (Å²) in [4.78, 5) is 10.6. The molecule has 0 bridgehead atoms. The largest absolute Gasteiger partial charge is 0.294 e. The summed E-state index contributed by atoms with van der Waals surface area (Å²) < 4.78 is 4.93. The average Bonchev–Trinajstić information content (AvgIpc) is 3.82. The second-order valence-corrected chi connectivity index (χ2v) is 15.3. The zero-order valence-electron chi connectivity index (χ0n) is 30.3. The second-order valence-electron chi connectivity index (χ2n) is 14.2. The molecule has 3 nitrogen and oxygen atoms in total. The molecule has 0 fully saturated rings. The van der Waals surface area contributed by atoms with Crippen molar-refractivity contribution in [2.24, 2.45) is 0 Å². The Morgan fingerprint density at radius 1 is 0.321 bits per heavy atom. The first-order chi connectivity index (χ1) is 27.7. The van der Waals surface area contributed by atoms with Gasteiger partial charge in [0, 0.05) is 48.1 Å². The topological polar surface area (TPSA) is 30.7 Å². The molecule has 0 amide bonds. The summed E-state index contributed by atoms with van der Waals surface area (Å²) in [5, 5.41) is 4.99. The fourth-order valence-electron chi connectivity index (χ4n) is 8.04. The molecule has 8 aromatic carbocycles. The molecule has 0 spiro atoms. The number of benzene rings is 8. The molecule has 0 aliphatic rings. The average molecular weight is 732 g/mol. The van der Waals surface area contributed by atoms with Crippen LogP contribution in [0.3, 0.4) is 0 Å². The highest BCUT2D eigenvalue weighted by molar-refractivity contribution is 7.25. The maximum atomic E-state index is 5.33. The monoisotopic (exact) mass is 731 g/mol. The summed E-state index contributed by atoms with van der Waals surface area (Å²) >= 11 is 1.85. The Labute approximate surface area is 328 Å². The number of fused-ring (bicyclic) bond motifs is 6. The Balaban J connectivity index is 1.07. The van der Waals surface area contributed by atoms with Crippen molar-refractivity contribution in [2.45, 2.75) is 0 Å². The summed E-state index contributed by atoms with van der Waals surface area (Å²) in [6, 6.07) is 71.5. The number of thiophene rings is 1. The molecule has 11 rings (SSSR count). The van der Waals surface area contributed by atoms with Crippen LogP contribution in [0.4, 0.5) is 0 Å². The first kappa shape index (κ1) is 32.3. The van der Waals surface area contributed by atoms with Crippen molar-refractivity contribution >= 4 is 53.3 Å². The van der Waals surface area contributed by atoms with E-state index in [-0.39, 0.29) is 0 Å². The second kappa shape index (κ2) is 13.3. The quantitative estimate of drug-likeness (QED) is 0.170. The number of rotatable bonds is 6. The molecule has 0 radical (unpaired) electrons. The molecule has 4 heteroatoms. The third kappa shape index (κ3) is 5.58. The Hall–Kier alpha value is -7.14. The molecule has 3 aromatic heterocycles. The van der Waals surface area contributed by atoms with Crippen LogP contribution in [0.5, 0.6) is 0 Å². The fraction of sp³-hybridized carbons (Fsp3) is 0. The van der Waals surface area contributed by atoms with E-state index in [9.17, 15) is 0 Å². The van der Waals surface area contributed by atoms with Crippen LogP contribution < -0.4 is 0 Å². The molecule has 0 saturated carbocycles. The van der Waals surface area contributed by atoms with Crippen molar-refractivity contribution in [3.05, 3.63) is 200 Å². The van der Waals surface area contributed by atoms with Crippen LogP contribution in [0.25, 0.3) is 104 Å². The van der Waals surface area contributed by atoms with Gasteiger partial charge in [0.1, 0.15) is 5.82 Å². The van der Waals surface area contributed by atoms with Crippen molar-refractivity contribution in [1.29, 1.82) is 0 Å². The van der Waals surface area contributed by atoms with Gasteiger partial charge in [-0.05, 0) is 69.8 Å². The van der Waals surface area contributed by atoms with E-state index < -0.39 is 0 Å². The first-order valence-corrected chi connectivity index (χ1v) is 19.7. The van der Waals surface area contributed by atoms with Gasteiger partial charge in [0.2, 0.25) is 0 Å². The molecule has 11 aromatic rings. The Morgan fingerprint density at radius 2 is 0.821 bits per heavy atom. The van der Waals surface area contributed by atoms with E-state index in [4.69, 9.17) is 9.97 Å². The van der Waals surface area contributed by atoms with Gasteiger partial charge in [-0.15, -0.1) is 11.3 Å². The van der Waals surface area contributed by atoms with Gasteiger partial charge in [0.15, 0.2) is 5.82 Å². The molecular weight excluding hydrogens is 699 g/mol. The van der Waals surface area contributed by atoms with Gasteiger partial charge < -0.3 is 0 Å². The zero-order valence-corrected chi connectivity index (χ0v) is 31.1. The van der Waals surface area contributed by atoms with Gasteiger partial charge in [-0.1, -0.05) is 158 Å². The SMILES string of the molecule is c1ccc(-c2ccc(-c3cc(-n4c5ccccc5c5cc(-c6ccc7sc8ccccc8c7c6)ccc54)nc(-c4ccc(-c5ccccc5)cc4)n3)cc2)cc1.